The summed E-state index contributed by atoms with van der Waals surface area (Å²) < 4.78 is 10.6. The number of aryl methyl sites for hydroxylation is 1. The number of amides is 1. The third-order valence-electron chi connectivity index (χ3n) is 3.69. The molecule has 2 heterocycles. The molecular formula is C17H15N3O3. The molecule has 0 aliphatic carbocycles. The minimum atomic E-state index is -0.0838. The number of ether oxygens (including phenoxy) is 2. The molecule has 6 heteroatoms. The molecule has 4 rings (SSSR count). The smallest absolute Gasteiger partial charge is 0.231 e. The van der Waals surface area contributed by atoms with Crippen LogP contribution in [0.3, 0.4) is 0 Å². The van der Waals surface area contributed by atoms with E-state index in [4.69, 9.17) is 9.47 Å². The van der Waals surface area contributed by atoms with Crippen molar-refractivity contribution in [3.8, 4) is 11.5 Å². The van der Waals surface area contributed by atoms with Gasteiger partial charge in [0, 0.05) is 11.8 Å². The first kappa shape index (κ1) is 13.6. The summed E-state index contributed by atoms with van der Waals surface area (Å²) in [7, 11) is 0. The molecule has 1 aliphatic rings. The Morgan fingerprint density at radius 3 is 3.00 bits per heavy atom. The molecule has 0 saturated heterocycles. The Balaban J connectivity index is 1.48. The van der Waals surface area contributed by atoms with Gasteiger partial charge in [-0.2, -0.15) is 0 Å². The Labute approximate surface area is 132 Å². The van der Waals surface area contributed by atoms with E-state index in [0.29, 0.717) is 23.6 Å². The maximum absolute atomic E-state index is 12.2. The van der Waals surface area contributed by atoms with Gasteiger partial charge >= 0.3 is 0 Å². The van der Waals surface area contributed by atoms with E-state index in [2.05, 4.69) is 15.3 Å². The van der Waals surface area contributed by atoms with Crippen LogP contribution in [-0.2, 0) is 11.2 Å². The summed E-state index contributed by atoms with van der Waals surface area (Å²) in [6.45, 7) is 2.13. The van der Waals surface area contributed by atoms with Crippen LogP contribution in [0.15, 0.2) is 36.4 Å². The van der Waals surface area contributed by atoms with Crippen LogP contribution >= 0.6 is 0 Å². The van der Waals surface area contributed by atoms with Crippen molar-refractivity contribution in [2.45, 2.75) is 13.3 Å². The van der Waals surface area contributed by atoms with Crippen LogP contribution in [0.1, 0.15) is 11.4 Å². The van der Waals surface area contributed by atoms with Crippen LogP contribution in [0.4, 0.5) is 5.69 Å². The molecule has 0 saturated carbocycles. The minimum Gasteiger partial charge on any atom is -0.454 e. The zero-order chi connectivity index (χ0) is 15.8. The van der Waals surface area contributed by atoms with Gasteiger partial charge in [0.2, 0.25) is 12.7 Å². The van der Waals surface area contributed by atoms with Crippen LogP contribution in [0.5, 0.6) is 11.5 Å². The molecule has 1 amide bonds. The molecule has 116 valence electrons. The molecule has 1 aliphatic heterocycles. The number of aromatic nitrogens is 2. The van der Waals surface area contributed by atoms with Crippen molar-refractivity contribution < 1.29 is 14.3 Å². The van der Waals surface area contributed by atoms with Gasteiger partial charge in [0.05, 0.1) is 17.5 Å². The standard InChI is InChI=1S/C17H15N3O3/c1-10-18-13-4-2-11(6-14(13)19-10)7-17(21)20-12-3-5-15-16(8-12)23-9-22-15/h2-6,8H,7,9H2,1H3,(H,18,19)(H,20,21). The third-order valence-corrected chi connectivity index (χ3v) is 3.69. The fourth-order valence-corrected chi connectivity index (χ4v) is 2.66. The van der Waals surface area contributed by atoms with Crippen molar-refractivity contribution in [3.05, 3.63) is 47.8 Å². The van der Waals surface area contributed by atoms with Gasteiger partial charge in [0.1, 0.15) is 5.82 Å². The molecule has 6 nitrogen and oxygen atoms in total. The van der Waals surface area contributed by atoms with Gasteiger partial charge in [0.25, 0.3) is 0 Å². The van der Waals surface area contributed by atoms with E-state index in [-0.39, 0.29) is 12.7 Å². The van der Waals surface area contributed by atoms with E-state index in [9.17, 15) is 4.79 Å². The number of carbonyl (C=O) groups excluding carboxylic acids is 1. The highest BCUT2D eigenvalue weighted by molar-refractivity contribution is 5.93. The number of benzene rings is 2. The Morgan fingerprint density at radius 1 is 1.22 bits per heavy atom. The van der Waals surface area contributed by atoms with Crippen LogP contribution in [0.2, 0.25) is 0 Å². The summed E-state index contributed by atoms with van der Waals surface area (Å²) in [4.78, 5) is 19.7. The average molecular weight is 309 g/mol. The highest BCUT2D eigenvalue weighted by Gasteiger charge is 2.14. The van der Waals surface area contributed by atoms with E-state index in [0.717, 1.165) is 22.4 Å². The number of hydrogen-bond acceptors (Lipinski definition) is 4. The summed E-state index contributed by atoms with van der Waals surface area (Å²) >= 11 is 0. The lowest BCUT2D eigenvalue weighted by Gasteiger charge is -2.06. The SMILES string of the molecule is Cc1nc2ccc(CC(=O)Nc3ccc4c(c3)OCO4)cc2[nH]1. The van der Waals surface area contributed by atoms with Gasteiger partial charge in [-0.25, -0.2) is 4.98 Å². The Bertz CT molecular complexity index is 901. The monoisotopic (exact) mass is 309 g/mol. The Morgan fingerprint density at radius 2 is 2.09 bits per heavy atom. The molecule has 2 N–H and O–H groups in total. The molecular weight excluding hydrogens is 294 g/mol. The number of imidazole rings is 1. The molecule has 0 atom stereocenters. The third kappa shape index (κ3) is 2.70. The van der Waals surface area contributed by atoms with Crippen LogP contribution < -0.4 is 14.8 Å². The van der Waals surface area contributed by atoms with Crippen molar-refractivity contribution in [3.63, 3.8) is 0 Å². The number of anilines is 1. The largest absolute Gasteiger partial charge is 0.454 e. The molecule has 0 bridgehead atoms. The van der Waals surface area contributed by atoms with Gasteiger partial charge < -0.3 is 19.8 Å². The van der Waals surface area contributed by atoms with Crippen molar-refractivity contribution in [1.82, 2.24) is 9.97 Å². The second kappa shape index (κ2) is 5.31. The molecule has 0 fully saturated rings. The zero-order valence-corrected chi connectivity index (χ0v) is 12.6. The predicted molar refractivity (Wildman–Crippen MR) is 85.7 cm³/mol. The van der Waals surface area contributed by atoms with Crippen molar-refractivity contribution in [2.24, 2.45) is 0 Å². The first-order valence-corrected chi connectivity index (χ1v) is 7.32. The van der Waals surface area contributed by atoms with Crippen molar-refractivity contribution in [1.29, 1.82) is 0 Å². The van der Waals surface area contributed by atoms with E-state index in [1.54, 1.807) is 18.2 Å². The summed E-state index contributed by atoms with van der Waals surface area (Å²) in [5, 5.41) is 2.87. The number of nitrogens with one attached hydrogen (secondary N) is 2. The number of nitrogens with zero attached hydrogens (tertiary/aromatic N) is 1. The molecule has 2 aromatic carbocycles. The van der Waals surface area contributed by atoms with Gasteiger partial charge in [-0.1, -0.05) is 6.07 Å². The lowest BCUT2D eigenvalue weighted by atomic mass is 10.1. The van der Waals surface area contributed by atoms with E-state index >= 15 is 0 Å². The topological polar surface area (TPSA) is 76.2 Å². The normalized spacial score (nSPS) is 12.6. The predicted octanol–water partition coefficient (Wildman–Crippen LogP) is 2.78. The quantitative estimate of drug-likeness (QED) is 0.780. The molecule has 0 radical (unpaired) electrons. The fourth-order valence-electron chi connectivity index (χ4n) is 2.66. The van der Waals surface area contributed by atoms with Crippen molar-refractivity contribution >= 4 is 22.6 Å². The maximum Gasteiger partial charge on any atom is 0.231 e. The minimum absolute atomic E-state index is 0.0838. The van der Waals surface area contributed by atoms with E-state index in [1.807, 2.05) is 25.1 Å². The number of hydrogen-bond donors (Lipinski definition) is 2. The summed E-state index contributed by atoms with van der Waals surface area (Å²) in [6.07, 6.45) is 0.294. The Kier molecular flexibility index (Phi) is 3.15. The lowest BCUT2D eigenvalue weighted by Crippen LogP contribution is -2.14. The van der Waals surface area contributed by atoms with Gasteiger partial charge in [-0.3, -0.25) is 4.79 Å². The average Bonchev–Trinajstić information content (AvgIpc) is 3.11. The molecule has 3 aromatic rings. The summed E-state index contributed by atoms with van der Waals surface area (Å²) in [5.41, 5.74) is 3.47. The Hall–Kier alpha value is -3.02. The van der Waals surface area contributed by atoms with Crippen molar-refractivity contribution in [2.75, 3.05) is 12.1 Å². The van der Waals surface area contributed by atoms with Crippen LogP contribution in [0.25, 0.3) is 11.0 Å². The maximum atomic E-state index is 12.2. The molecule has 1 aromatic heterocycles. The first-order valence-electron chi connectivity index (χ1n) is 7.32. The fraction of sp³-hybridized carbons (Fsp3) is 0.176. The molecule has 0 spiro atoms. The number of fused-ring (bicyclic) bond motifs is 2. The van der Waals surface area contributed by atoms with Gasteiger partial charge in [-0.05, 0) is 36.8 Å². The second-order valence-corrected chi connectivity index (χ2v) is 5.47. The highest BCUT2D eigenvalue weighted by Crippen LogP contribution is 2.34. The van der Waals surface area contributed by atoms with E-state index < -0.39 is 0 Å². The van der Waals surface area contributed by atoms with Gasteiger partial charge in [-0.15, -0.1) is 0 Å². The van der Waals surface area contributed by atoms with Crippen LogP contribution in [0, 0.1) is 6.92 Å². The summed E-state index contributed by atoms with van der Waals surface area (Å²) in [6, 6.07) is 11.1. The van der Waals surface area contributed by atoms with Gasteiger partial charge in [0.15, 0.2) is 11.5 Å². The number of carbonyl (C=O) groups is 1. The number of aromatic amines is 1. The summed E-state index contributed by atoms with van der Waals surface area (Å²) in [5.74, 6) is 2.13. The van der Waals surface area contributed by atoms with Crippen LogP contribution in [-0.4, -0.2) is 22.7 Å². The highest BCUT2D eigenvalue weighted by atomic mass is 16.7. The second-order valence-electron chi connectivity index (χ2n) is 5.47. The molecule has 0 unspecified atom stereocenters. The lowest BCUT2D eigenvalue weighted by molar-refractivity contribution is -0.115. The first-order chi connectivity index (χ1) is 11.2. The van der Waals surface area contributed by atoms with E-state index in [1.165, 1.54) is 0 Å². The zero-order valence-electron chi connectivity index (χ0n) is 12.6. The number of rotatable bonds is 3. The number of H-pyrrole nitrogens is 1. The molecule has 23 heavy (non-hydrogen) atoms.